The third-order valence-electron chi connectivity index (χ3n) is 3.67. The van der Waals surface area contributed by atoms with E-state index in [9.17, 15) is 14.7 Å². The second-order valence-corrected chi connectivity index (χ2v) is 6.97. The Morgan fingerprint density at radius 1 is 1.35 bits per heavy atom. The molecule has 0 saturated heterocycles. The SMILES string of the molecule is C=Cc1ccccc1C(O)CN(CCNC(=O)OC(C)(C)C)C(=O)CC. The van der Waals surface area contributed by atoms with Crippen molar-refractivity contribution < 1.29 is 19.4 Å². The van der Waals surface area contributed by atoms with Crippen molar-refractivity contribution in [1.29, 1.82) is 0 Å². The number of ether oxygens (including phenoxy) is 1. The van der Waals surface area contributed by atoms with Gasteiger partial charge in [-0.2, -0.15) is 0 Å². The molecule has 6 nitrogen and oxygen atoms in total. The number of aliphatic hydroxyl groups excluding tert-OH is 1. The summed E-state index contributed by atoms with van der Waals surface area (Å²) in [6.45, 7) is 11.6. The molecule has 0 aliphatic carbocycles. The van der Waals surface area contributed by atoms with E-state index in [0.29, 0.717) is 13.0 Å². The number of nitrogens with one attached hydrogen (secondary N) is 1. The van der Waals surface area contributed by atoms with Gasteiger partial charge in [0.15, 0.2) is 0 Å². The Kier molecular flexibility index (Phi) is 8.32. The van der Waals surface area contributed by atoms with Gasteiger partial charge in [-0.3, -0.25) is 4.79 Å². The van der Waals surface area contributed by atoms with Gasteiger partial charge < -0.3 is 20.1 Å². The van der Waals surface area contributed by atoms with Crippen LogP contribution in [0.15, 0.2) is 30.8 Å². The van der Waals surface area contributed by atoms with Gasteiger partial charge in [-0.05, 0) is 31.9 Å². The number of carbonyl (C=O) groups excluding carboxylic acids is 2. The molecule has 2 N–H and O–H groups in total. The predicted molar refractivity (Wildman–Crippen MR) is 103 cm³/mol. The Morgan fingerprint density at radius 3 is 2.58 bits per heavy atom. The van der Waals surface area contributed by atoms with E-state index in [1.807, 2.05) is 24.3 Å². The fourth-order valence-corrected chi connectivity index (χ4v) is 2.46. The molecule has 1 unspecified atom stereocenters. The molecule has 1 rings (SSSR count). The summed E-state index contributed by atoms with van der Waals surface area (Å²) in [5, 5.41) is 13.2. The van der Waals surface area contributed by atoms with Crippen molar-refractivity contribution >= 4 is 18.1 Å². The molecule has 0 heterocycles. The minimum Gasteiger partial charge on any atom is -0.444 e. The number of aliphatic hydroxyl groups is 1. The maximum Gasteiger partial charge on any atom is 0.407 e. The number of hydrogen-bond donors (Lipinski definition) is 2. The van der Waals surface area contributed by atoms with Crippen molar-refractivity contribution in [3.63, 3.8) is 0 Å². The van der Waals surface area contributed by atoms with Crippen LogP contribution < -0.4 is 5.32 Å². The molecule has 1 aromatic carbocycles. The Hall–Kier alpha value is -2.34. The second-order valence-electron chi connectivity index (χ2n) is 6.97. The molecule has 0 bridgehead atoms. The minimum absolute atomic E-state index is 0.0916. The molecule has 6 heteroatoms. The molecule has 0 fully saturated rings. The van der Waals surface area contributed by atoms with E-state index < -0.39 is 17.8 Å². The van der Waals surface area contributed by atoms with Crippen LogP contribution in [0.5, 0.6) is 0 Å². The molecule has 0 saturated carbocycles. The Bertz CT molecular complexity index is 622. The van der Waals surface area contributed by atoms with Gasteiger partial charge in [-0.1, -0.05) is 43.8 Å². The van der Waals surface area contributed by atoms with E-state index >= 15 is 0 Å². The predicted octanol–water partition coefficient (Wildman–Crippen LogP) is 3.13. The van der Waals surface area contributed by atoms with E-state index in [0.717, 1.165) is 11.1 Å². The Balaban J connectivity index is 2.68. The summed E-state index contributed by atoms with van der Waals surface area (Å²) >= 11 is 0. The van der Waals surface area contributed by atoms with Gasteiger partial charge >= 0.3 is 6.09 Å². The fraction of sp³-hybridized carbons (Fsp3) is 0.500. The summed E-state index contributed by atoms with van der Waals surface area (Å²) in [7, 11) is 0. The monoisotopic (exact) mass is 362 g/mol. The largest absolute Gasteiger partial charge is 0.444 e. The van der Waals surface area contributed by atoms with Gasteiger partial charge in [0, 0.05) is 19.5 Å². The number of nitrogens with zero attached hydrogens (tertiary/aromatic N) is 1. The molecule has 144 valence electrons. The van der Waals surface area contributed by atoms with Gasteiger partial charge in [0.25, 0.3) is 0 Å². The summed E-state index contributed by atoms with van der Waals surface area (Å²) in [6, 6.07) is 7.38. The lowest BCUT2D eigenvalue weighted by atomic mass is 10.0. The number of hydrogen-bond acceptors (Lipinski definition) is 4. The van der Waals surface area contributed by atoms with Crippen LogP contribution in [0.4, 0.5) is 4.79 Å². The van der Waals surface area contributed by atoms with Gasteiger partial charge in [0.1, 0.15) is 5.60 Å². The average molecular weight is 362 g/mol. The van der Waals surface area contributed by atoms with Crippen LogP contribution >= 0.6 is 0 Å². The number of amides is 2. The Labute approximate surface area is 155 Å². The maximum absolute atomic E-state index is 12.2. The van der Waals surface area contributed by atoms with E-state index in [1.165, 1.54) is 0 Å². The van der Waals surface area contributed by atoms with Crippen LogP contribution in [-0.4, -0.2) is 47.2 Å². The second kappa shape index (κ2) is 9.97. The average Bonchev–Trinajstić information content (AvgIpc) is 2.58. The highest BCUT2D eigenvalue weighted by atomic mass is 16.6. The number of rotatable bonds is 8. The molecule has 0 aliphatic rings. The van der Waals surface area contributed by atoms with Gasteiger partial charge in [-0.15, -0.1) is 0 Å². The van der Waals surface area contributed by atoms with Crippen molar-refractivity contribution in [2.75, 3.05) is 19.6 Å². The third kappa shape index (κ3) is 7.27. The first-order valence-corrected chi connectivity index (χ1v) is 8.82. The molecule has 2 amide bonds. The van der Waals surface area contributed by atoms with Crippen LogP contribution in [0.1, 0.15) is 51.3 Å². The fourth-order valence-electron chi connectivity index (χ4n) is 2.46. The molecule has 1 aromatic rings. The first-order valence-electron chi connectivity index (χ1n) is 8.82. The van der Waals surface area contributed by atoms with E-state index in [-0.39, 0.29) is 19.0 Å². The molecule has 1 atom stereocenters. The van der Waals surface area contributed by atoms with Crippen LogP contribution in [0.3, 0.4) is 0 Å². The summed E-state index contributed by atoms with van der Waals surface area (Å²) in [4.78, 5) is 25.4. The van der Waals surface area contributed by atoms with E-state index in [1.54, 1.807) is 38.7 Å². The molecule has 0 radical (unpaired) electrons. The smallest absolute Gasteiger partial charge is 0.407 e. The number of carbonyl (C=O) groups is 2. The zero-order chi connectivity index (χ0) is 19.7. The molecule has 0 spiro atoms. The quantitative estimate of drug-likeness (QED) is 0.745. The molecular weight excluding hydrogens is 332 g/mol. The highest BCUT2D eigenvalue weighted by molar-refractivity contribution is 5.76. The minimum atomic E-state index is -0.832. The van der Waals surface area contributed by atoms with Gasteiger partial charge in [0.2, 0.25) is 5.91 Å². The lowest BCUT2D eigenvalue weighted by Gasteiger charge is -2.26. The summed E-state index contributed by atoms with van der Waals surface area (Å²) < 4.78 is 5.17. The highest BCUT2D eigenvalue weighted by Gasteiger charge is 2.20. The maximum atomic E-state index is 12.2. The molecule has 26 heavy (non-hydrogen) atoms. The van der Waals surface area contributed by atoms with E-state index in [4.69, 9.17) is 4.74 Å². The van der Waals surface area contributed by atoms with Gasteiger partial charge in [0.05, 0.1) is 12.6 Å². The van der Waals surface area contributed by atoms with Crippen molar-refractivity contribution in [1.82, 2.24) is 10.2 Å². The first-order chi connectivity index (χ1) is 12.2. The number of alkyl carbamates (subject to hydrolysis) is 1. The lowest BCUT2D eigenvalue weighted by Crippen LogP contribution is -2.41. The van der Waals surface area contributed by atoms with Crippen LogP contribution in [0.2, 0.25) is 0 Å². The van der Waals surface area contributed by atoms with Crippen molar-refractivity contribution in [2.45, 2.75) is 45.8 Å². The van der Waals surface area contributed by atoms with Crippen molar-refractivity contribution in [3.05, 3.63) is 42.0 Å². The van der Waals surface area contributed by atoms with E-state index in [2.05, 4.69) is 11.9 Å². The molecule has 0 aliphatic heterocycles. The first kappa shape index (κ1) is 21.7. The zero-order valence-corrected chi connectivity index (χ0v) is 16.1. The standard InChI is InChI=1S/C20H30N2O4/c1-6-15-10-8-9-11-16(15)17(23)14-22(18(24)7-2)13-12-21-19(25)26-20(3,4)5/h6,8-11,17,23H,1,7,12-14H2,2-5H3,(H,21,25). The van der Waals surface area contributed by atoms with Crippen LogP contribution in [0.25, 0.3) is 6.08 Å². The van der Waals surface area contributed by atoms with Gasteiger partial charge in [-0.25, -0.2) is 4.79 Å². The lowest BCUT2D eigenvalue weighted by molar-refractivity contribution is -0.132. The zero-order valence-electron chi connectivity index (χ0n) is 16.1. The molecule has 0 aromatic heterocycles. The normalized spacial score (nSPS) is 12.2. The highest BCUT2D eigenvalue weighted by Crippen LogP contribution is 2.20. The van der Waals surface area contributed by atoms with Crippen LogP contribution in [0, 0.1) is 0 Å². The summed E-state index contributed by atoms with van der Waals surface area (Å²) in [5.41, 5.74) is 0.973. The van der Waals surface area contributed by atoms with Crippen molar-refractivity contribution in [2.24, 2.45) is 0 Å². The summed E-state index contributed by atoms with van der Waals surface area (Å²) in [6.07, 6.45) is 0.636. The Morgan fingerprint density at radius 2 is 2.00 bits per heavy atom. The number of benzene rings is 1. The summed E-state index contributed by atoms with van der Waals surface area (Å²) in [5.74, 6) is -0.0916. The van der Waals surface area contributed by atoms with Crippen molar-refractivity contribution in [3.8, 4) is 0 Å². The topological polar surface area (TPSA) is 78.9 Å². The molecular formula is C20H30N2O4. The third-order valence-corrected chi connectivity index (χ3v) is 3.67. The van der Waals surface area contributed by atoms with Crippen LogP contribution in [-0.2, 0) is 9.53 Å².